The van der Waals surface area contributed by atoms with Crippen LogP contribution < -0.4 is 11.1 Å². The first-order valence-corrected chi connectivity index (χ1v) is 6.04. The Bertz CT molecular complexity index is 417. The van der Waals surface area contributed by atoms with Crippen LogP contribution in [0.15, 0.2) is 24.3 Å². The summed E-state index contributed by atoms with van der Waals surface area (Å²) in [6.07, 6.45) is -3.72. The van der Waals surface area contributed by atoms with E-state index in [4.69, 9.17) is 5.73 Å². The van der Waals surface area contributed by atoms with Crippen molar-refractivity contribution in [1.29, 1.82) is 0 Å². The van der Waals surface area contributed by atoms with Gasteiger partial charge in [0.25, 0.3) is 0 Å². The summed E-state index contributed by atoms with van der Waals surface area (Å²) in [6, 6.07) is 5.69. The second kappa shape index (κ2) is 4.90. The lowest BCUT2D eigenvalue weighted by atomic mass is 9.81. The Morgan fingerprint density at radius 3 is 2.61 bits per heavy atom. The Balaban J connectivity index is 2.38. The van der Waals surface area contributed by atoms with Gasteiger partial charge in [-0.15, -0.1) is 0 Å². The van der Waals surface area contributed by atoms with Gasteiger partial charge < -0.3 is 11.1 Å². The molecule has 3 N–H and O–H groups in total. The van der Waals surface area contributed by atoms with Crippen LogP contribution in [0.4, 0.5) is 13.2 Å². The van der Waals surface area contributed by atoms with E-state index in [9.17, 15) is 13.2 Å². The van der Waals surface area contributed by atoms with Crippen molar-refractivity contribution in [3.8, 4) is 0 Å². The maximum atomic E-state index is 13.0. The van der Waals surface area contributed by atoms with Gasteiger partial charge >= 0.3 is 6.18 Å². The molecule has 0 amide bonds. The average molecular weight is 258 g/mol. The minimum absolute atomic E-state index is 0.00769. The van der Waals surface area contributed by atoms with Crippen molar-refractivity contribution in [3.63, 3.8) is 0 Å². The number of halogens is 3. The summed E-state index contributed by atoms with van der Waals surface area (Å²) in [6.45, 7) is 2.57. The molecule has 2 rings (SSSR count). The van der Waals surface area contributed by atoms with Crippen molar-refractivity contribution in [2.45, 2.75) is 37.5 Å². The van der Waals surface area contributed by atoms with Gasteiger partial charge in [-0.25, -0.2) is 0 Å². The smallest absolute Gasteiger partial charge is 0.327 e. The molecule has 1 aliphatic rings. The van der Waals surface area contributed by atoms with E-state index >= 15 is 0 Å². The molecule has 100 valence electrons. The molecule has 1 aromatic rings. The maximum absolute atomic E-state index is 13.0. The van der Waals surface area contributed by atoms with Gasteiger partial charge in [0.15, 0.2) is 0 Å². The molecule has 1 aliphatic heterocycles. The van der Waals surface area contributed by atoms with Crippen molar-refractivity contribution in [2.24, 2.45) is 5.73 Å². The summed E-state index contributed by atoms with van der Waals surface area (Å²) < 4.78 is 38.9. The number of piperidine rings is 1. The van der Waals surface area contributed by atoms with Gasteiger partial charge in [0.2, 0.25) is 0 Å². The van der Waals surface area contributed by atoms with E-state index in [1.54, 1.807) is 12.1 Å². The first kappa shape index (κ1) is 13.4. The van der Waals surface area contributed by atoms with Crippen molar-refractivity contribution in [3.05, 3.63) is 35.4 Å². The largest absolute Gasteiger partial charge is 0.416 e. The summed E-state index contributed by atoms with van der Waals surface area (Å²) in [5.41, 5.74) is 5.64. The first-order chi connectivity index (χ1) is 8.39. The molecule has 1 heterocycles. The fourth-order valence-corrected chi connectivity index (χ4v) is 2.57. The predicted octanol–water partition coefficient (Wildman–Crippen LogP) is 2.50. The monoisotopic (exact) mass is 258 g/mol. The lowest BCUT2D eigenvalue weighted by Crippen LogP contribution is -2.48. The van der Waals surface area contributed by atoms with E-state index in [2.05, 4.69) is 5.32 Å². The van der Waals surface area contributed by atoms with Crippen LogP contribution in [0, 0.1) is 0 Å². The zero-order valence-electron chi connectivity index (χ0n) is 10.2. The van der Waals surface area contributed by atoms with Crippen LogP contribution in [0.3, 0.4) is 0 Å². The molecule has 0 radical (unpaired) electrons. The van der Waals surface area contributed by atoms with Gasteiger partial charge in [0.05, 0.1) is 5.56 Å². The highest BCUT2D eigenvalue weighted by atomic mass is 19.4. The Labute approximate surface area is 104 Å². The van der Waals surface area contributed by atoms with Crippen molar-refractivity contribution in [1.82, 2.24) is 5.32 Å². The third kappa shape index (κ3) is 2.67. The van der Waals surface area contributed by atoms with Gasteiger partial charge in [0.1, 0.15) is 0 Å². The molecular weight excluding hydrogens is 241 g/mol. The minimum Gasteiger partial charge on any atom is -0.327 e. The molecule has 1 fully saturated rings. The molecular formula is C13H17F3N2. The molecule has 0 aliphatic carbocycles. The van der Waals surface area contributed by atoms with Gasteiger partial charge in [-0.1, -0.05) is 18.2 Å². The summed E-state index contributed by atoms with van der Waals surface area (Å²) in [5, 5.41) is 3.17. The molecule has 0 aromatic heterocycles. The molecule has 1 aromatic carbocycles. The van der Waals surface area contributed by atoms with Gasteiger partial charge in [0, 0.05) is 24.5 Å². The fourth-order valence-electron chi connectivity index (χ4n) is 2.57. The van der Waals surface area contributed by atoms with Crippen LogP contribution >= 0.6 is 0 Å². The molecule has 18 heavy (non-hydrogen) atoms. The number of rotatable bonds is 1. The predicted molar refractivity (Wildman–Crippen MR) is 64.2 cm³/mol. The molecule has 5 heteroatoms. The zero-order chi connectivity index (χ0) is 13.3. The summed E-state index contributed by atoms with van der Waals surface area (Å²) in [5.74, 6) is -0.188. The van der Waals surface area contributed by atoms with Gasteiger partial charge in [-0.05, 0) is 25.0 Å². The van der Waals surface area contributed by atoms with Crippen LogP contribution in [-0.4, -0.2) is 18.6 Å². The lowest BCUT2D eigenvalue weighted by Gasteiger charge is -2.35. The van der Waals surface area contributed by atoms with E-state index in [0.29, 0.717) is 18.5 Å². The molecule has 3 atom stereocenters. The molecule has 0 spiro atoms. The molecule has 2 nitrogen and oxygen atoms in total. The number of nitrogens with one attached hydrogen (secondary N) is 1. The second-order valence-corrected chi connectivity index (χ2v) is 4.88. The lowest BCUT2D eigenvalue weighted by molar-refractivity contribution is -0.138. The Hall–Kier alpha value is -1.07. The maximum Gasteiger partial charge on any atom is 0.416 e. The molecule has 0 bridgehead atoms. The van der Waals surface area contributed by atoms with E-state index in [-0.39, 0.29) is 18.0 Å². The highest BCUT2D eigenvalue weighted by Gasteiger charge is 2.37. The van der Waals surface area contributed by atoms with Crippen LogP contribution in [0.2, 0.25) is 0 Å². The number of hydrogen-bond donors (Lipinski definition) is 2. The number of nitrogens with two attached hydrogens (primary N) is 1. The van der Waals surface area contributed by atoms with Crippen molar-refractivity contribution >= 4 is 0 Å². The van der Waals surface area contributed by atoms with Crippen LogP contribution in [0.25, 0.3) is 0 Å². The van der Waals surface area contributed by atoms with E-state index in [0.717, 1.165) is 6.07 Å². The van der Waals surface area contributed by atoms with E-state index < -0.39 is 11.7 Å². The van der Waals surface area contributed by atoms with Gasteiger partial charge in [-0.2, -0.15) is 13.2 Å². The van der Waals surface area contributed by atoms with Gasteiger partial charge in [-0.3, -0.25) is 0 Å². The molecule has 0 saturated carbocycles. The third-order valence-electron chi connectivity index (χ3n) is 3.53. The summed E-state index contributed by atoms with van der Waals surface area (Å²) in [7, 11) is 0. The first-order valence-electron chi connectivity index (χ1n) is 6.04. The SMILES string of the molecule is CC1NCC(N)CC1c1ccccc1C(F)(F)F. The van der Waals surface area contributed by atoms with E-state index in [1.165, 1.54) is 6.07 Å². The highest BCUT2D eigenvalue weighted by molar-refractivity contribution is 5.34. The standard InChI is InChI=1S/C13H17F3N2/c1-8-11(6-9(17)7-18-8)10-4-2-3-5-12(10)13(14,15)16/h2-5,8-9,11,18H,6-7,17H2,1H3. The summed E-state index contributed by atoms with van der Waals surface area (Å²) in [4.78, 5) is 0. The Kier molecular flexibility index (Phi) is 3.64. The van der Waals surface area contributed by atoms with Crippen molar-refractivity contribution < 1.29 is 13.2 Å². The quantitative estimate of drug-likeness (QED) is 0.812. The van der Waals surface area contributed by atoms with Crippen molar-refractivity contribution in [2.75, 3.05) is 6.54 Å². The number of alkyl halides is 3. The molecule has 3 unspecified atom stereocenters. The Morgan fingerprint density at radius 2 is 1.94 bits per heavy atom. The van der Waals surface area contributed by atoms with Crippen LogP contribution in [0.5, 0.6) is 0 Å². The average Bonchev–Trinajstić information content (AvgIpc) is 2.31. The Morgan fingerprint density at radius 1 is 1.28 bits per heavy atom. The van der Waals surface area contributed by atoms with Crippen LogP contribution in [-0.2, 0) is 6.18 Å². The van der Waals surface area contributed by atoms with E-state index in [1.807, 2.05) is 6.92 Å². The zero-order valence-corrected chi connectivity index (χ0v) is 10.2. The summed E-state index contributed by atoms with van der Waals surface area (Å²) >= 11 is 0. The van der Waals surface area contributed by atoms with Crippen LogP contribution in [0.1, 0.15) is 30.4 Å². The third-order valence-corrected chi connectivity index (χ3v) is 3.53. The molecule has 1 saturated heterocycles. The topological polar surface area (TPSA) is 38.0 Å². The second-order valence-electron chi connectivity index (χ2n) is 4.88. The minimum atomic E-state index is -4.31. The number of benzene rings is 1. The number of hydrogen-bond acceptors (Lipinski definition) is 2. The fraction of sp³-hybridized carbons (Fsp3) is 0.538. The normalized spacial score (nSPS) is 29.3. The highest BCUT2D eigenvalue weighted by Crippen LogP contribution is 2.38.